The molecule has 0 unspecified atom stereocenters. The zero-order valence-electron chi connectivity index (χ0n) is 17.6. The molecule has 0 saturated carbocycles. The first-order valence-electron chi connectivity index (χ1n) is 9.84. The Balaban J connectivity index is 1.95. The highest BCUT2D eigenvalue weighted by atomic mass is 16.7. The Morgan fingerprint density at radius 1 is 1.16 bits per heavy atom. The van der Waals surface area contributed by atoms with Crippen LogP contribution in [0.4, 0.5) is 5.69 Å². The van der Waals surface area contributed by atoms with Crippen molar-refractivity contribution in [2.45, 2.75) is 31.0 Å². The van der Waals surface area contributed by atoms with E-state index < -0.39 is 29.5 Å². The number of hydrogen-bond donors (Lipinski definition) is 3. The van der Waals surface area contributed by atoms with Gasteiger partial charge in [-0.1, -0.05) is 12.2 Å². The van der Waals surface area contributed by atoms with Crippen LogP contribution >= 0.6 is 0 Å². The van der Waals surface area contributed by atoms with Gasteiger partial charge in [-0.2, -0.15) is 0 Å². The number of nitrogens with zero attached hydrogens (tertiary/aromatic N) is 1. The highest BCUT2D eigenvalue weighted by Crippen LogP contribution is 2.39. The molecule has 0 aliphatic carbocycles. The minimum atomic E-state index is -1.34. The fourth-order valence-electron chi connectivity index (χ4n) is 3.26. The summed E-state index contributed by atoms with van der Waals surface area (Å²) < 4.78 is 22.2. The fraction of sp³-hybridized carbons (Fsp3) is 0.364. The summed E-state index contributed by atoms with van der Waals surface area (Å²) in [6.07, 6.45) is -0.924. The standard InChI is InChI=1S/C22H25NO9/c1-29-16-9-14(6-3-13-4-7-15(8-5-13)23(27)28)21(19(11-16)30-2)32-22-20(26)18(25)10-17(12-24)31-22/h3-9,11,17-18,20,22,24-26H,10,12H2,1-2H3/b6-3+/t17-,18-,20+,22-/m0/s1. The van der Waals surface area contributed by atoms with Gasteiger partial charge in [-0.05, 0) is 23.8 Å². The van der Waals surface area contributed by atoms with Gasteiger partial charge in [-0.3, -0.25) is 10.1 Å². The van der Waals surface area contributed by atoms with Gasteiger partial charge in [-0.25, -0.2) is 0 Å². The lowest BCUT2D eigenvalue weighted by Gasteiger charge is -2.36. The van der Waals surface area contributed by atoms with Crippen LogP contribution in [0.1, 0.15) is 17.5 Å². The Labute approximate surface area is 184 Å². The average Bonchev–Trinajstić information content (AvgIpc) is 2.80. The molecule has 2 aromatic carbocycles. The summed E-state index contributed by atoms with van der Waals surface area (Å²) in [7, 11) is 2.93. The van der Waals surface area contributed by atoms with Gasteiger partial charge in [0.05, 0.1) is 38.0 Å². The molecule has 0 bridgehead atoms. The number of methoxy groups -OCH3 is 2. The van der Waals surface area contributed by atoms with Crippen molar-refractivity contribution in [2.75, 3.05) is 20.8 Å². The first-order chi connectivity index (χ1) is 15.4. The molecule has 3 N–H and O–H groups in total. The molecule has 1 aliphatic rings. The molecule has 10 nitrogen and oxygen atoms in total. The van der Waals surface area contributed by atoms with Gasteiger partial charge in [0.15, 0.2) is 11.5 Å². The van der Waals surface area contributed by atoms with E-state index in [9.17, 15) is 25.4 Å². The Bertz CT molecular complexity index is 961. The normalized spacial score (nSPS) is 23.2. The molecule has 10 heteroatoms. The largest absolute Gasteiger partial charge is 0.497 e. The maximum Gasteiger partial charge on any atom is 0.269 e. The summed E-state index contributed by atoms with van der Waals surface area (Å²) in [6.45, 7) is -0.337. The average molecular weight is 447 g/mol. The van der Waals surface area contributed by atoms with E-state index in [0.29, 0.717) is 22.6 Å². The molecular weight excluding hydrogens is 422 g/mol. The van der Waals surface area contributed by atoms with Crippen LogP contribution in [0.5, 0.6) is 17.2 Å². The Hall–Kier alpha value is -3.18. The van der Waals surface area contributed by atoms with Crippen LogP contribution in [0, 0.1) is 10.1 Å². The molecule has 2 aromatic rings. The third kappa shape index (κ3) is 5.35. The van der Waals surface area contributed by atoms with Gasteiger partial charge in [0.2, 0.25) is 6.29 Å². The third-order valence-electron chi connectivity index (χ3n) is 5.01. The first kappa shape index (κ1) is 23.5. The number of rotatable bonds is 8. The van der Waals surface area contributed by atoms with E-state index in [1.165, 1.54) is 26.4 Å². The zero-order valence-corrected chi connectivity index (χ0v) is 17.6. The van der Waals surface area contributed by atoms with Crippen LogP contribution in [0.3, 0.4) is 0 Å². The van der Waals surface area contributed by atoms with Crippen molar-refractivity contribution in [3.63, 3.8) is 0 Å². The number of hydrogen-bond acceptors (Lipinski definition) is 9. The molecule has 3 rings (SSSR count). The highest BCUT2D eigenvalue weighted by molar-refractivity contribution is 5.75. The second-order valence-electron chi connectivity index (χ2n) is 7.15. The lowest BCUT2D eigenvalue weighted by atomic mass is 10.0. The van der Waals surface area contributed by atoms with Crippen molar-refractivity contribution in [1.29, 1.82) is 0 Å². The van der Waals surface area contributed by atoms with E-state index >= 15 is 0 Å². The Morgan fingerprint density at radius 2 is 1.88 bits per heavy atom. The van der Waals surface area contributed by atoms with Crippen molar-refractivity contribution in [1.82, 2.24) is 0 Å². The van der Waals surface area contributed by atoms with E-state index in [0.717, 1.165) is 0 Å². The monoisotopic (exact) mass is 447 g/mol. The van der Waals surface area contributed by atoms with Crippen LogP contribution in [-0.4, -0.2) is 65.7 Å². The lowest BCUT2D eigenvalue weighted by Crippen LogP contribution is -2.51. The van der Waals surface area contributed by atoms with E-state index in [4.69, 9.17) is 18.9 Å². The molecule has 1 heterocycles. The van der Waals surface area contributed by atoms with Crippen molar-refractivity contribution in [3.8, 4) is 17.2 Å². The van der Waals surface area contributed by atoms with E-state index in [-0.39, 0.29) is 24.5 Å². The van der Waals surface area contributed by atoms with Crippen molar-refractivity contribution >= 4 is 17.8 Å². The molecule has 172 valence electrons. The molecule has 32 heavy (non-hydrogen) atoms. The third-order valence-corrected chi connectivity index (χ3v) is 5.01. The minimum Gasteiger partial charge on any atom is -0.497 e. The number of non-ortho nitro benzene ring substituents is 1. The smallest absolute Gasteiger partial charge is 0.269 e. The fourth-order valence-corrected chi connectivity index (χ4v) is 3.26. The number of ether oxygens (including phenoxy) is 4. The molecule has 0 radical (unpaired) electrons. The van der Waals surface area contributed by atoms with Crippen LogP contribution in [0.25, 0.3) is 12.2 Å². The summed E-state index contributed by atoms with van der Waals surface area (Å²) in [5.74, 6) is 1.00. The number of nitro benzene ring substituents is 1. The SMILES string of the molecule is COc1cc(/C=C/c2ccc([N+](=O)[O-])cc2)c(O[C@@H]2O[C@H](CO)C[C@H](O)[C@H]2O)c(OC)c1. The topological polar surface area (TPSA) is 141 Å². The zero-order chi connectivity index (χ0) is 23.3. The maximum absolute atomic E-state index is 10.8. The van der Waals surface area contributed by atoms with Gasteiger partial charge in [0.25, 0.3) is 5.69 Å². The van der Waals surface area contributed by atoms with Crippen LogP contribution in [-0.2, 0) is 4.74 Å². The van der Waals surface area contributed by atoms with Gasteiger partial charge in [0, 0.05) is 30.2 Å². The Kier molecular flexibility index (Phi) is 7.65. The van der Waals surface area contributed by atoms with Crippen LogP contribution in [0.2, 0.25) is 0 Å². The summed E-state index contributed by atoms with van der Waals surface area (Å²) in [5.41, 5.74) is 1.19. The molecular formula is C22H25NO9. The molecule has 1 fully saturated rings. The van der Waals surface area contributed by atoms with E-state index in [1.807, 2.05) is 0 Å². The van der Waals surface area contributed by atoms with Gasteiger partial charge >= 0.3 is 0 Å². The quantitative estimate of drug-likeness (QED) is 0.315. The first-order valence-corrected chi connectivity index (χ1v) is 9.84. The second-order valence-corrected chi connectivity index (χ2v) is 7.15. The summed E-state index contributed by atoms with van der Waals surface area (Å²) in [6, 6.07) is 9.26. The maximum atomic E-state index is 10.8. The number of nitro groups is 1. The predicted octanol–water partition coefficient (Wildman–Crippen LogP) is 1.99. The predicted molar refractivity (Wildman–Crippen MR) is 115 cm³/mol. The molecule has 4 atom stereocenters. The van der Waals surface area contributed by atoms with Crippen molar-refractivity contribution in [2.24, 2.45) is 0 Å². The van der Waals surface area contributed by atoms with Crippen LogP contribution in [0.15, 0.2) is 36.4 Å². The van der Waals surface area contributed by atoms with Crippen molar-refractivity contribution < 1.29 is 39.2 Å². The number of benzene rings is 2. The molecule has 1 saturated heterocycles. The van der Waals surface area contributed by atoms with Gasteiger partial charge in [0.1, 0.15) is 11.9 Å². The van der Waals surface area contributed by atoms with Crippen LogP contribution < -0.4 is 14.2 Å². The molecule has 0 spiro atoms. The summed E-state index contributed by atoms with van der Waals surface area (Å²) in [4.78, 5) is 10.4. The second kappa shape index (κ2) is 10.4. The summed E-state index contributed by atoms with van der Waals surface area (Å²) >= 11 is 0. The number of aliphatic hydroxyl groups excluding tert-OH is 3. The summed E-state index contributed by atoms with van der Waals surface area (Å²) in [5, 5.41) is 40.6. The Morgan fingerprint density at radius 3 is 2.47 bits per heavy atom. The van der Waals surface area contributed by atoms with Crippen molar-refractivity contribution in [3.05, 3.63) is 57.6 Å². The van der Waals surface area contributed by atoms with Gasteiger partial charge < -0.3 is 34.3 Å². The molecule has 1 aliphatic heterocycles. The minimum absolute atomic E-state index is 0.0188. The number of aliphatic hydroxyl groups is 3. The molecule has 0 amide bonds. The highest BCUT2D eigenvalue weighted by Gasteiger charge is 2.38. The van der Waals surface area contributed by atoms with E-state index in [1.54, 1.807) is 36.4 Å². The van der Waals surface area contributed by atoms with E-state index in [2.05, 4.69) is 0 Å². The van der Waals surface area contributed by atoms with Gasteiger partial charge in [-0.15, -0.1) is 0 Å². The molecule has 0 aromatic heterocycles. The lowest BCUT2D eigenvalue weighted by molar-refractivity contribution is -0.384.